The van der Waals surface area contributed by atoms with Crippen molar-refractivity contribution in [2.75, 3.05) is 19.8 Å². The van der Waals surface area contributed by atoms with Gasteiger partial charge in [-0.25, -0.2) is 0 Å². The number of carbonyl (C=O) groups is 1. The molecule has 1 aliphatic rings. The van der Waals surface area contributed by atoms with Crippen molar-refractivity contribution in [2.45, 2.75) is 19.9 Å². The Bertz CT molecular complexity index is 362. The van der Waals surface area contributed by atoms with Gasteiger partial charge in [-0.3, -0.25) is 9.78 Å². The number of pyridine rings is 1. The van der Waals surface area contributed by atoms with Crippen molar-refractivity contribution in [3.63, 3.8) is 0 Å². The molecule has 0 bridgehead atoms. The summed E-state index contributed by atoms with van der Waals surface area (Å²) in [5, 5.41) is 0. The SMILES string of the molecule is Cc1ccc(CN2CCOCCC2=O)cn1. The van der Waals surface area contributed by atoms with Gasteiger partial charge in [0.15, 0.2) is 0 Å². The second kappa shape index (κ2) is 5.07. The molecule has 2 rings (SSSR count). The van der Waals surface area contributed by atoms with E-state index in [9.17, 15) is 4.79 Å². The molecule has 1 amide bonds. The van der Waals surface area contributed by atoms with Crippen LogP contribution in [0.25, 0.3) is 0 Å². The minimum absolute atomic E-state index is 0.165. The monoisotopic (exact) mass is 220 g/mol. The molecule has 16 heavy (non-hydrogen) atoms. The van der Waals surface area contributed by atoms with E-state index in [1.807, 2.05) is 30.2 Å². The number of hydrogen-bond donors (Lipinski definition) is 0. The van der Waals surface area contributed by atoms with Crippen molar-refractivity contribution in [2.24, 2.45) is 0 Å². The van der Waals surface area contributed by atoms with Crippen LogP contribution in [-0.2, 0) is 16.1 Å². The summed E-state index contributed by atoms with van der Waals surface area (Å²) in [5.74, 6) is 0.165. The Balaban J connectivity index is 2.02. The summed E-state index contributed by atoms with van der Waals surface area (Å²) in [4.78, 5) is 17.8. The molecule has 0 aliphatic carbocycles. The Labute approximate surface area is 95.2 Å². The van der Waals surface area contributed by atoms with Gasteiger partial charge in [-0.1, -0.05) is 6.07 Å². The first kappa shape index (κ1) is 11.1. The van der Waals surface area contributed by atoms with Crippen molar-refractivity contribution in [3.8, 4) is 0 Å². The van der Waals surface area contributed by atoms with Gasteiger partial charge in [-0.05, 0) is 18.6 Å². The number of amides is 1. The van der Waals surface area contributed by atoms with Gasteiger partial charge < -0.3 is 9.64 Å². The lowest BCUT2D eigenvalue weighted by Gasteiger charge is -2.19. The Morgan fingerprint density at radius 3 is 3.06 bits per heavy atom. The maximum Gasteiger partial charge on any atom is 0.225 e. The quantitative estimate of drug-likeness (QED) is 0.750. The minimum atomic E-state index is 0.165. The van der Waals surface area contributed by atoms with Gasteiger partial charge in [-0.15, -0.1) is 0 Å². The molecule has 4 heteroatoms. The number of rotatable bonds is 2. The van der Waals surface area contributed by atoms with E-state index < -0.39 is 0 Å². The van der Waals surface area contributed by atoms with Crippen LogP contribution in [0.2, 0.25) is 0 Å². The molecule has 0 radical (unpaired) electrons. The smallest absolute Gasteiger partial charge is 0.225 e. The summed E-state index contributed by atoms with van der Waals surface area (Å²) < 4.78 is 5.27. The summed E-state index contributed by atoms with van der Waals surface area (Å²) in [6.07, 6.45) is 2.31. The van der Waals surface area contributed by atoms with Crippen LogP contribution in [0.15, 0.2) is 18.3 Å². The van der Waals surface area contributed by atoms with Crippen LogP contribution in [0.5, 0.6) is 0 Å². The largest absolute Gasteiger partial charge is 0.379 e. The van der Waals surface area contributed by atoms with Crippen LogP contribution in [0.1, 0.15) is 17.7 Å². The first-order chi connectivity index (χ1) is 7.75. The molecule has 1 aliphatic heterocycles. The molecule has 0 N–H and O–H groups in total. The van der Waals surface area contributed by atoms with Gasteiger partial charge in [-0.2, -0.15) is 0 Å². The summed E-state index contributed by atoms with van der Waals surface area (Å²) >= 11 is 0. The first-order valence-electron chi connectivity index (χ1n) is 5.53. The molecule has 1 saturated heterocycles. The highest BCUT2D eigenvalue weighted by Gasteiger charge is 2.16. The van der Waals surface area contributed by atoms with Crippen molar-refractivity contribution >= 4 is 5.91 Å². The topological polar surface area (TPSA) is 42.4 Å². The van der Waals surface area contributed by atoms with E-state index in [1.165, 1.54) is 0 Å². The summed E-state index contributed by atoms with van der Waals surface area (Å²) in [7, 11) is 0. The van der Waals surface area contributed by atoms with Crippen LogP contribution < -0.4 is 0 Å². The van der Waals surface area contributed by atoms with E-state index in [4.69, 9.17) is 4.74 Å². The van der Waals surface area contributed by atoms with Crippen LogP contribution in [0.4, 0.5) is 0 Å². The predicted molar refractivity (Wildman–Crippen MR) is 59.8 cm³/mol. The molecule has 86 valence electrons. The van der Waals surface area contributed by atoms with E-state index in [1.54, 1.807) is 0 Å². The zero-order chi connectivity index (χ0) is 11.4. The summed E-state index contributed by atoms with van der Waals surface area (Å²) in [6.45, 7) is 4.43. The normalized spacial score (nSPS) is 17.3. The number of hydrogen-bond acceptors (Lipinski definition) is 3. The molecule has 0 saturated carbocycles. The number of aryl methyl sites for hydroxylation is 1. The van der Waals surface area contributed by atoms with Crippen LogP contribution >= 0.6 is 0 Å². The summed E-state index contributed by atoms with van der Waals surface area (Å²) in [6, 6.07) is 3.98. The minimum Gasteiger partial charge on any atom is -0.379 e. The third-order valence-corrected chi connectivity index (χ3v) is 2.66. The predicted octanol–water partition coefficient (Wildman–Crippen LogP) is 1.14. The van der Waals surface area contributed by atoms with Crippen LogP contribution in [0, 0.1) is 6.92 Å². The van der Waals surface area contributed by atoms with Crippen molar-refractivity contribution in [1.82, 2.24) is 9.88 Å². The zero-order valence-electron chi connectivity index (χ0n) is 9.48. The van der Waals surface area contributed by atoms with Gasteiger partial charge >= 0.3 is 0 Å². The number of aromatic nitrogens is 1. The Kier molecular flexibility index (Phi) is 3.51. The fourth-order valence-corrected chi connectivity index (χ4v) is 1.70. The van der Waals surface area contributed by atoms with Gasteiger partial charge in [0.1, 0.15) is 0 Å². The molecule has 2 heterocycles. The van der Waals surface area contributed by atoms with Crippen molar-refractivity contribution in [3.05, 3.63) is 29.6 Å². The lowest BCUT2D eigenvalue weighted by atomic mass is 10.2. The van der Waals surface area contributed by atoms with Gasteiger partial charge in [0.05, 0.1) is 19.6 Å². The number of ether oxygens (including phenoxy) is 1. The van der Waals surface area contributed by atoms with Crippen LogP contribution in [-0.4, -0.2) is 35.5 Å². The standard InChI is InChI=1S/C12H16N2O2/c1-10-2-3-11(8-13-10)9-14-5-7-16-6-4-12(14)15/h2-3,8H,4-7,9H2,1H3. The number of carbonyl (C=O) groups excluding carboxylic acids is 1. The fraction of sp³-hybridized carbons (Fsp3) is 0.500. The third-order valence-electron chi connectivity index (χ3n) is 2.66. The third kappa shape index (κ3) is 2.79. The average Bonchev–Trinajstić information content (AvgIpc) is 2.48. The van der Waals surface area contributed by atoms with E-state index >= 15 is 0 Å². The maximum absolute atomic E-state index is 11.7. The van der Waals surface area contributed by atoms with E-state index in [0.29, 0.717) is 32.7 Å². The molecular formula is C12H16N2O2. The molecule has 0 aromatic carbocycles. The lowest BCUT2D eigenvalue weighted by Crippen LogP contribution is -2.31. The highest BCUT2D eigenvalue weighted by Crippen LogP contribution is 2.08. The molecule has 1 fully saturated rings. The Hall–Kier alpha value is -1.42. The molecule has 1 aromatic rings. The molecular weight excluding hydrogens is 204 g/mol. The molecule has 1 aromatic heterocycles. The van der Waals surface area contributed by atoms with Crippen LogP contribution in [0.3, 0.4) is 0 Å². The number of nitrogens with zero attached hydrogens (tertiary/aromatic N) is 2. The lowest BCUT2D eigenvalue weighted by molar-refractivity contribution is -0.131. The first-order valence-corrected chi connectivity index (χ1v) is 5.53. The molecule has 0 unspecified atom stereocenters. The van der Waals surface area contributed by atoms with E-state index in [-0.39, 0.29) is 5.91 Å². The highest BCUT2D eigenvalue weighted by atomic mass is 16.5. The molecule has 0 atom stereocenters. The van der Waals surface area contributed by atoms with E-state index in [0.717, 1.165) is 11.3 Å². The second-order valence-electron chi connectivity index (χ2n) is 3.99. The van der Waals surface area contributed by atoms with Gasteiger partial charge in [0.2, 0.25) is 5.91 Å². The summed E-state index contributed by atoms with van der Waals surface area (Å²) in [5.41, 5.74) is 2.06. The Morgan fingerprint density at radius 1 is 1.44 bits per heavy atom. The molecule has 0 spiro atoms. The van der Waals surface area contributed by atoms with E-state index in [2.05, 4.69) is 4.98 Å². The van der Waals surface area contributed by atoms with Crippen molar-refractivity contribution < 1.29 is 9.53 Å². The van der Waals surface area contributed by atoms with Gasteiger partial charge in [0.25, 0.3) is 0 Å². The Morgan fingerprint density at radius 2 is 2.31 bits per heavy atom. The average molecular weight is 220 g/mol. The molecule has 4 nitrogen and oxygen atoms in total. The fourth-order valence-electron chi connectivity index (χ4n) is 1.70. The highest BCUT2D eigenvalue weighted by molar-refractivity contribution is 5.76. The second-order valence-corrected chi connectivity index (χ2v) is 3.99. The van der Waals surface area contributed by atoms with Crippen molar-refractivity contribution in [1.29, 1.82) is 0 Å². The van der Waals surface area contributed by atoms with Gasteiger partial charge in [0, 0.05) is 25.0 Å². The maximum atomic E-state index is 11.7. The zero-order valence-corrected chi connectivity index (χ0v) is 9.48.